The van der Waals surface area contributed by atoms with Gasteiger partial charge in [0.15, 0.2) is 6.29 Å². The topological polar surface area (TPSA) is 55.4 Å². The minimum atomic E-state index is -6.04. The molecule has 0 bridgehead atoms. The smallest absolute Gasteiger partial charge is 0.429 e. The van der Waals surface area contributed by atoms with Crippen LogP contribution in [0.5, 0.6) is 11.5 Å². The zero-order valence-electron chi connectivity index (χ0n) is 23.0. The third kappa shape index (κ3) is 8.34. The van der Waals surface area contributed by atoms with Crippen LogP contribution in [0.25, 0.3) is 0 Å². The van der Waals surface area contributed by atoms with E-state index in [9.17, 15) is 52.7 Å². The molecule has 1 heterocycles. The van der Waals surface area contributed by atoms with Crippen LogP contribution in [0, 0.1) is 17.5 Å². The molecule has 6 nitrogen and oxygen atoms in total. The summed E-state index contributed by atoms with van der Waals surface area (Å²) in [4.78, 5) is 0. The first-order chi connectivity index (χ1) is 21.3. The first-order valence-corrected chi connectivity index (χ1v) is 12.8. The third-order valence-electron chi connectivity index (χ3n) is 6.09. The summed E-state index contributed by atoms with van der Waals surface area (Å²) < 4.78 is 193. The SMILES string of the molecule is CCOC1COC(c2ccc(C(F)(F)Oc3ccc(C(F)(F)Oc4cc(F)c(C(F)(F)OC(F)(F)F)c(F)c4)c(F)c3)cc2)OC1. The van der Waals surface area contributed by atoms with Crippen molar-refractivity contribution in [2.45, 2.75) is 44.0 Å². The summed E-state index contributed by atoms with van der Waals surface area (Å²) >= 11 is 0. The van der Waals surface area contributed by atoms with Crippen molar-refractivity contribution in [3.05, 3.63) is 94.3 Å². The van der Waals surface area contributed by atoms with Gasteiger partial charge in [-0.05, 0) is 31.2 Å². The van der Waals surface area contributed by atoms with Crippen molar-refractivity contribution in [1.82, 2.24) is 0 Å². The lowest BCUT2D eigenvalue weighted by atomic mass is 10.1. The Bertz CT molecular complexity index is 1480. The molecule has 0 N–H and O–H groups in total. The zero-order valence-corrected chi connectivity index (χ0v) is 23.0. The van der Waals surface area contributed by atoms with Crippen LogP contribution in [0.4, 0.5) is 52.7 Å². The van der Waals surface area contributed by atoms with Gasteiger partial charge in [0.1, 0.15) is 46.2 Å². The van der Waals surface area contributed by atoms with E-state index in [0.29, 0.717) is 18.2 Å². The van der Waals surface area contributed by atoms with Gasteiger partial charge in [0, 0.05) is 30.4 Å². The van der Waals surface area contributed by atoms with Crippen LogP contribution in [0.15, 0.2) is 54.6 Å². The first-order valence-electron chi connectivity index (χ1n) is 12.8. The van der Waals surface area contributed by atoms with Crippen molar-refractivity contribution < 1.29 is 81.1 Å². The lowest BCUT2D eigenvalue weighted by molar-refractivity contribution is -0.432. The predicted octanol–water partition coefficient (Wildman–Crippen LogP) is 8.40. The molecule has 0 aliphatic carbocycles. The molecule has 252 valence electrons. The first kappa shape index (κ1) is 35.1. The van der Waals surface area contributed by atoms with Crippen LogP contribution in [0.1, 0.15) is 35.5 Å². The average Bonchev–Trinajstić information content (AvgIpc) is 2.91. The van der Waals surface area contributed by atoms with Crippen molar-refractivity contribution >= 4 is 0 Å². The highest BCUT2D eigenvalue weighted by Gasteiger charge is 2.50. The van der Waals surface area contributed by atoms with Gasteiger partial charge < -0.3 is 23.7 Å². The minimum absolute atomic E-state index is 0.118. The fraction of sp³-hybridized carbons (Fsp3) is 0.357. The number of alkyl halides is 9. The van der Waals surface area contributed by atoms with E-state index in [2.05, 4.69) is 14.2 Å². The fourth-order valence-electron chi connectivity index (χ4n) is 4.13. The standard InChI is InChI=1S/C28H20F12O6/c1-2-41-18-12-42-24(43-13-18)14-3-5-15(6-4-14)25(32,33)44-16-7-8-19(20(29)9-16)26(34,35)45-17-10-21(30)23(22(31)11-17)27(36,37)46-28(38,39)40/h3-11,18,24H,2,12-13H2,1H3. The molecular formula is C28H20F12O6. The molecule has 3 aromatic carbocycles. The van der Waals surface area contributed by atoms with E-state index in [1.165, 1.54) is 12.1 Å². The summed E-state index contributed by atoms with van der Waals surface area (Å²) in [5, 5.41) is 0. The van der Waals surface area contributed by atoms with E-state index in [0.717, 1.165) is 12.1 Å². The van der Waals surface area contributed by atoms with E-state index in [4.69, 9.17) is 14.2 Å². The molecule has 0 spiro atoms. The van der Waals surface area contributed by atoms with Gasteiger partial charge in [-0.2, -0.15) is 26.3 Å². The van der Waals surface area contributed by atoms with Gasteiger partial charge in [-0.25, -0.2) is 17.9 Å². The molecule has 46 heavy (non-hydrogen) atoms. The van der Waals surface area contributed by atoms with Crippen molar-refractivity contribution in [2.75, 3.05) is 19.8 Å². The maximum Gasteiger partial charge on any atom is 0.527 e. The fourth-order valence-corrected chi connectivity index (χ4v) is 4.13. The number of halogens is 12. The number of benzene rings is 3. The van der Waals surface area contributed by atoms with E-state index >= 15 is 0 Å². The van der Waals surface area contributed by atoms with E-state index < -0.39 is 76.6 Å². The van der Waals surface area contributed by atoms with Gasteiger partial charge in [0.25, 0.3) is 0 Å². The predicted molar refractivity (Wildman–Crippen MR) is 129 cm³/mol. The quantitative estimate of drug-likeness (QED) is 0.190. The molecule has 0 radical (unpaired) electrons. The lowest BCUT2D eigenvalue weighted by Crippen LogP contribution is -2.33. The van der Waals surface area contributed by atoms with Gasteiger partial charge in [-0.15, -0.1) is 13.2 Å². The summed E-state index contributed by atoms with van der Waals surface area (Å²) in [6.45, 7) is 2.62. The van der Waals surface area contributed by atoms with Gasteiger partial charge in [0.05, 0.1) is 18.8 Å². The van der Waals surface area contributed by atoms with Gasteiger partial charge in [0.2, 0.25) is 0 Å². The molecule has 1 aliphatic rings. The zero-order chi connectivity index (χ0) is 34.1. The average molecular weight is 680 g/mol. The summed E-state index contributed by atoms with van der Waals surface area (Å²) in [5.74, 6) is -9.37. The van der Waals surface area contributed by atoms with Crippen LogP contribution >= 0.6 is 0 Å². The second-order valence-corrected chi connectivity index (χ2v) is 9.40. The highest BCUT2D eigenvalue weighted by atomic mass is 19.4. The van der Waals surface area contributed by atoms with E-state index in [1.807, 2.05) is 0 Å². The summed E-state index contributed by atoms with van der Waals surface area (Å²) in [7, 11) is 0. The van der Waals surface area contributed by atoms with Gasteiger partial charge in [-0.3, -0.25) is 0 Å². The number of ether oxygens (including phenoxy) is 6. The molecule has 0 amide bonds. The Morgan fingerprint density at radius 2 is 1.22 bits per heavy atom. The number of rotatable bonds is 11. The molecule has 0 saturated carbocycles. The lowest BCUT2D eigenvalue weighted by Gasteiger charge is -2.29. The van der Waals surface area contributed by atoms with Crippen molar-refractivity contribution in [2.24, 2.45) is 0 Å². The largest absolute Gasteiger partial charge is 0.527 e. The second-order valence-electron chi connectivity index (χ2n) is 9.40. The summed E-state index contributed by atoms with van der Waals surface area (Å²) in [6, 6.07) is 4.59. The second kappa shape index (κ2) is 13.2. The normalized spacial score (nSPS) is 18.0. The van der Waals surface area contributed by atoms with Crippen molar-refractivity contribution in [3.63, 3.8) is 0 Å². The van der Waals surface area contributed by atoms with Crippen LogP contribution < -0.4 is 9.47 Å². The third-order valence-corrected chi connectivity index (χ3v) is 6.09. The molecule has 0 unspecified atom stereocenters. The molecule has 0 aromatic heterocycles. The monoisotopic (exact) mass is 680 g/mol. The maximum atomic E-state index is 14.8. The Balaban J connectivity index is 1.45. The highest BCUT2D eigenvalue weighted by Crippen LogP contribution is 2.42. The Labute approximate surface area is 251 Å². The van der Waals surface area contributed by atoms with Crippen LogP contribution in [0.2, 0.25) is 0 Å². The molecule has 3 aromatic rings. The van der Waals surface area contributed by atoms with Crippen molar-refractivity contribution in [3.8, 4) is 11.5 Å². The van der Waals surface area contributed by atoms with Crippen LogP contribution in [-0.2, 0) is 37.3 Å². The van der Waals surface area contributed by atoms with Crippen LogP contribution in [0.3, 0.4) is 0 Å². The number of hydrogen-bond acceptors (Lipinski definition) is 6. The van der Waals surface area contributed by atoms with Gasteiger partial charge in [-0.1, -0.05) is 12.1 Å². The Kier molecular flexibility index (Phi) is 10.1. The molecule has 0 atom stereocenters. The minimum Gasteiger partial charge on any atom is -0.429 e. The molecule has 1 saturated heterocycles. The molecular weight excluding hydrogens is 660 g/mol. The Hall–Kier alpha value is -3.74. The van der Waals surface area contributed by atoms with E-state index in [1.54, 1.807) is 6.92 Å². The molecule has 4 rings (SSSR count). The Morgan fingerprint density at radius 1 is 0.674 bits per heavy atom. The maximum absolute atomic E-state index is 14.8. The van der Waals surface area contributed by atoms with Gasteiger partial charge >= 0.3 is 24.7 Å². The summed E-state index contributed by atoms with van der Waals surface area (Å²) in [5.41, 5.74) is -4.60. The summed E-state index contributed by atoms with van der Waals surface area (Å²) in [6.07, 6.45) is -21.7. The van der Waals surface area contributed by atoms with Crippen LogP contribution in [-0.4, -0.2) is 32.3 Å². The van der Waals surface area contributed by atoms with Crippen molar-refractivity contribution in [1.29, 1.82) is 0 Å². The Morgan fingerprint density at radius 3 is 1.74 bits per heavy atom. The molecule has 18 heteroatoms. The molecule has 1 fully saturated rings. The number of hydrogen-bond donors (Lipinski definition) is 0. The highest BCUT2D eigenvalue weighted by molar-refractivity contribution is 5.36. The molecule has 1 aliphatic heterocycles. The van der Waals surface area contributed by atoms with E-state index in [-0.39, 0.29) is 43.6 Å².